The molecule has 0 saturated carbocycles. The smallest absolute Gasteiger partial charge is 0.119 e. The Morgan fingerprint density at radius 2 is 2.40 bits per heavy atom. The number of ether oxygens (including phenoxy) is 1. The highest BCUT2D eigenvalue weighted by Gasteiger charge is 2.15. The van der Waals surface area contributed by atoms with Gasteiger partial charge < -0.3 is 10.1 Å². The van der Waals surface area contributed by atoms with E-state index in [4.69, 9.17) is 4.74 Å². The average Bonchev–Trinajstić information content (AvgIpc) is 2.74. The van der Waals surface area contributed by atoms with Gasteiger partial charge in [-0.3, -0.25) is 0 Å². The summed E-state index contributed by atoms with van der Waals surface area (Å²) >= 11 is 3.58. The molecule has 82 valence electrons. The van der Waals surface area contributed by atoms with Gasteiger partial charge in [-0.25, -0.2) is 0 Å². The van der Waals surface area contributed by atoms with Crippen LogP contribution in [0.1, 0.15) is 18.4 Å². The molecule has 1 aliphatic rings. The van der Waals surface area contributed by atoms with E-state index in [-0.39, 0.29) is 0 Å². The van der Waals surface area contributed by atoms with Gasteiger partial charge in [-0.15, -0.1) is 0 Å². The molecule has 2 rings (SSSR count). The second-order valence-electron chi connectivity index (χ2n) is 3.95. The molecule has 0 bridgehead atoms. The Balaban J connectivity index is 2.11. The van der Waals surface area contributed by atoms with Crippen LogP contribution in [-0.2, 0) is 6.42 Å². The van der Waals surface area contributed by atoms with Crippen LogP contribution in [-0.4, -0.2) is 19.7 Å². The molecule has 1 heterocycles. The normalized spacial score (nSPS) is 20.5. The van der Waals surface area contributed by atoms with Crippen molar-refractivity contribution < 1.29 is 4.74 Å². The fourth-order valence-corrected chi connectivity index (χ4v) is 2.44. The van der Waals surface area contributed by atoms with Gasteiger partial charge >= 0.3 is 0 Å². The van der Waals surface area contributed by atoms with Crippen molar-refractivity contribution in [2.45, 2.75) is 25.3 Å². The lowest BCUT2D eigenvalue weighted by Gasteiger charge is -2.12. The molecule has 1 fully saturated rings. The third kappa shape index (κ3) is 2.73. The molecule has 1 saturated heterocycles. The van der Waals surface area contributed by atoms with E-state index < -0.39 is 0 Å². The Labute approximate surface area is 99.1 Å². The third-order valence-corrected chi connectivity index (χ3v) is 3.66. The SMILES string of the molecule is COc1ccc(Br)c(CC2CCCN2)c1. The van der Waals surface area contributed by atoms with Gasteiger partial charge in [0.15, 0.2) is 0 Å². The van der Waals surface area contributed by atoms with Gasteiger partial charge in [-0.2, -0.15) is 0 Å². The minimum Gasteiger partial charge on any atom is -0.497 e. The van der Waals surface area contributed by atoms with Crippen LogP contribution in [0.5, 0.6) is 5.75 Å². The molecule has 0 amide bonds. The molecule has 0 radical (unpaired) electrons. The number of benzene rings is 1. The minimum absolute atomic E-state index is 0.633. The van der Waals surface area contributed by atoms with Crippen LogP contribution in [0.4, 0.5) is 0 Å². The zero-order valence-electron chi connectivity index (χ0n) is 8.92. The molecule has 3 heteroatoms. The highest BCUT2D eigenvalue weighted by atomic mass is 79.9. The Morgan fingerprint density at radius 3 is 3.07 bits per heavy atom. The van der Waals surface area contributed by atoms with Crippen molar-refractivity contribution in [3.63, 3.8) is 0 Å². The average molecular weight is 270 g/mol. The highest BCUT2D eigenvalue weighted by molar-refractivity contribution is 9.10. The number of nitrogens with one attached hydrogen (secondary N) is 1. The van der Waals surface area contributed by atoms with Crippen molar-refractivity contribution in [1.29, 1.82) is 0 Å². The van der Waals surface area contributed by atoms with Gasteiger partial charge in [0.25, 0.3) is 0 Å². The Bertz CT molecular complexity index is 334. The van der Waals surface area contributed by atoms with Crippen LogP contribution < -0.4 is 10.1 Å². The zero-order valence-corrected chi connectivity index (χ0v) is 10.5. The summed E-state index contributed by atoms with van der Waals surface area (Å²) in [5.74, 6) is 0.936. The maximum Gasteiger partial charge on any atom is 0.119 e. The van der Waals surface area contributed by atoms with Gasteiger partial charge in [0.1, 0.15) is 5.75 Å². The molecule has 0 aromatic heterocycles. The largest absolute Gasteiger partial charge is 0.497 e. The molecule has 2 nitrogen and oxygen atoms in total. The van der Waals surface area contributed by atoms with Crippen molar-refractivity contribution in [2.24, 2.45) is 0 Å². The van der Waals surface area contributed by atoms with E-state index in [9.17, 15) is 0 Å². The number of halogens is 1. The van der Waals surface area contributed by atoms with E-state index in [0.717, 1.165) is 18.7 Å². The monoisotopic (exact) mass is 269 g/mol. The number of methoxy groups -OCH3 is 1. The van der Waals surface area contributed by atoms with Crippen LogP contribution in [0.3, 0.4) is 0 Å². The van der Waals surface area contributed by atoms with Gasteiger partial charge in [0.05, 0.1) is 7.11 Å². The molecular formula is C12H16BrNO. The number of hydrogen-bond acceptors (Lipinski definition) is 2. The lowest BCUT2D eigenvalue weighted by Crippen LogP contribution is -2.23. The van der Waals surface area contributed by atoms with Crippen molar-refractivity contribution in [3.8, 4) is 5.75 Å². The molecule has 0 spiro atoms. The van der Waals surface area contributed by atoms with Crippen LogP contribution >= 0.6 is 15.9 Å². The maximum atomic E-state index is 5.23. The van der Waals surface area contributed by atoms with Crippen molar-refractivity contribution in [1.82, 2.24) is 5.32 Å². The number of hydrogen-bond donors (Lipinski definition) is 1. The first kappa shape index (κ1) is 11.0. The first-order chi connectivity index (χ1) is 7.29. The maximum absolute atomic E-state index is 5.23. The fraction of sp³-hybridized carbons (Fsp3) is 0.500. The van der Waals surface area contributed by atoms with Crippen LogP contribution in [0.2, 0.25) is 0 Å². The Hall–Kier alpha value is -0.540. The molecule has 1 aromatic carbocycles. The summed E-state index contributed by atoms with van der Waals surface area (Å²) in [6, 6.07) is 6.79. The fourth-order valence-electron chi connectivity index (χ4n) is 2.03. The molecule has 1 aliphatic heterocycles. The molecule has 0 aliphatic carbocycles. The molecule has 1 N–H and O–H groups in total. The predicted octanol–water partition coefficient (Wildman–Crippen LogP) is 2.75. The summed E-state index contributed by atoms with van der Waals surface area (Å²) in [6.45, 7) is 1.16. The second-order valence-corrected chi connectivity index (χ2v) is 4.81. The van der Waals surface area contributed by atoms with Crippen LogP contribution in [0, 0.1) is 0 Å². The van der Waals surface area contributed by atoms with Crippen molar-refractivity contribution >= 4 is 15.9 Å². The zero-order chi connectivity index (χ0) is 10.7. The summed E-state index contributed by atoms with van der Waals surface area (Å²) in [6.07, 6.45) is 3.66. The number of rotatable bonds is 3. The highest BCUT2D eigenvalue weighted by Crippen LogP contribution is 2.25. The lowest BCUT2D eigenvalue weighted by atomic mass is 10.0. The molecule has 1 unspecified atom stereocenters. The first-order valence-electron chi connectivity index (χ1n) is 5.35. The van der Waals surface area contributed by atoms with Gasteiger partial charge in [-0.05, 0) is 49.6 Å². The van der Waals surface area contributed by atoms with Crippen LogP contribution in [0.25, 0.3) is 0 Å². The quantitative estimate of drug-likeness (QED) is 0.911. The summed E-state index contributed by atoms with van der Waals surface area (Å²) in [5.41, 5.74) is 1.33. The van der Waals surface area contributed by atoms with E-state index in [1.54, 1.807) is 7.11 Å². The molecule has 15 heavy (non-hydrogen) atoms. The van der Waals surface area contributed by atoms with E-state index in [1.807, 2.05) is 6.07 Å². The Kier molecular flexibility index (Phi) is 3.65. The summed E-state index contributed by atoms with van der Waals surface area (Å²) < 4.78 is 6.41. The molecular weight excluding hydrogens is 254 g/mol. The predicted molar refractivity (Wildman–Crippen MR) is 65.4 cm³/mol. The van der Waals surface area contributed by atoms with E-state index >= 15 is 0 Å². The standard InChI is InChI=1S/C12H16BrNO/c1-15-11-4-5-12(13)9(8-11)7-10-3-2-6-14-10/h4-5,8,10,14H,2-3,6-7H2,1H3. The first-order valence-corrected chi connectivity index (χ1v) is 6.14. The molecule has 1 aromatic rings. The Morgan fingerprint density at radius 1 is 1.53 bits per heavy atom. The van der Waals surface area contributed by atoms with Crippen LogP contribution in [0.15, 0.2) is 22.7 Å². The topological polar surface area (TPSA) is 21.3 Å². The summed E-state index contributed by atoms with van der Waals surface area (Å²) in [5, 5.41) is 3.51. The van der Waals surface area contributed by atoms with Gasteiger partial charge in [0.2, 0.25) is 0 Å². The second kappa shape index (κ2) is 4.99. The summed E-state index contributed by atoms with van der Waals surface area (Å²) in [4.78, 5) is 0. The van der Waals surface area contributed by atoms with Gasteiger partial charge in [0, 0.05) is 10.5 Å². The van der Waals surface area contributed by atoms with E-state index in [1.165, 1.54) is 22.9 Å². The third-order valence-electron chi connectivity index (χ3n) is 2.88. The van der Waals surface area contributed by atoms with Crippen molar-refractivity contribution in [3.05, 3.63) is 28.2 Å². The minimum atomic E-state index is 0.633. The summed E-state index contributed by atoms with van der Waals surface area (Å²) in [7, 11) is 1.71. The lowest BCUT2D eigenvalue weighted by molar-refractivity contribution is 0.414. The van der Waals surface area contributed by atoms with E-state index in [2.05, 4.69) is 33.4 Å². The van der Waals surface area contributed by atoms with Gasteiger partial charge in [-0.1, -0.05) is 15.9 Å². The van der Waals surface area contributed by atoms with E-state index in [0.29, 0.717) is 6.04 Å². The molecule has 1 atom stereocenters. The van der Waals surface area contributed by atoms with Crippen molar-refractivity contribution in [2.75, 3.05) is 13.7 Å².